The van der Waals surface area contributed by atoms with E-state index in [0.717, 1.165) is 28.4 Å². The van der Waals surface area contributed by atoms with E-state index >= 15 is 0 Å². The molecular weight excluding hydrogens is 356 g/mol. The van der Waals surface area contributed by atoms with Gasteiger partial charge in [-0.25, -0.2) is 5.43 Å². The van der Waals surface area contributed by atoms with Gasteiger partial charge in [0.1, 0.15) is 17.0 Å². The van der Waals surface area contributed by atoms with Gasteiger partial charge in [-0.05, 0) is 42.3 Å². The van der Waals surface area contributed by atoms with Gasteiger partial charge in [0.2, 0.25) is 0 Å². The second-order valence-electron chi connectivity index (χ2n) is 6.17. The van der Waals surface area contributed by atoms with E-state index in [2.05, 4.69) is 49.7 Å². The molecule has 0 atom stereocenters. The number of aromatic amines is 1. The highest BCUT2D eigenvalue weighted by molar-refractivity contribution is 6.03. The lowest BCUT2D eigenvalue weighted by molar-refractivity contribution is 0.402. The number of aromatic nitrogens is 4. The zero-order chi connectivity index (χ0) is 19.5. The molecule has 2 N–H and O–H groups in total. The average Bonchev–Trinajstić information content (AvgIpc) is 3.10. The molecule has 0 radical (unpaired) electrons. The van der Waals surface area contributed by atoms with Crippen LogP contribution in [0.4, 0.5) is 5.95 Å². The Morgan fingerprint density at radius 3 is 2.79 bits per heavy atom. The van der Waals surface area contributed by atoms with Crippen LogP contribution in [0.15, 0.2) is 41.5 Å². The summed E-state index contributed by atoms with van der Waals surface area (Å²) in [5, 5.41) is 13.7. The fraction of sp³-hybridized carbons (Fsp3) is 0.200. The van der Waals surface area contributed by atoms with Crippen LogP contribution in [0.3, 0.4) is 0 Å². The highest BCUT2D eigenvalue weighted by Gasteiger charge is 2.09. The van der Waals surface area contributed by atoms with Crippen molar-refractivity contribution in [3.05, 3.63) is 47.5 Å². The molecule has 142 valence electrons. The zero-order valence-corrected chi connectivity index (χ0v) is 15.9. The number of ether oxygens (including phenoxy) is 2. The van der Waals surface area contributed by atoms with Gasteiger partial charge in [-0.15, -0.1) is 10.2 Å². The van der Waals surface area contributed by atoms with E-state index in [1.54, 1.807) is 20.4 Å². The van der Waals surface area contributed by atoms with Gasteiger partial charge in [0.25, 0.3) is 5.95 Å². The number of nitrogens with one attached hydrogen (secondary N) is 2. The molecule has 0 saturated carbocycles. The maximum atomic E-state index is 5.33. The van der Waals surface area contributed by atoms with E-state index in [4.69, 9.17) is 9.47 Å². The van der Waals surface area contributed by atoms with E-state index in [9.17, 15) is 0 Å². The van der Waals surface area contributed by atoms with Crippen LogP contribution in [0, 0.1) is 0 Å². The molecule has 0 spiro atoms. The predicted molar refractivity (Wildman–Crippen MR) is 109 cm³/mol. The standard InChI is InChI=1S/C20H20N6O2/c1-4-12-5-7-16-15(9-12)18-19(22-16)23-20(26-24-18)25-21-11-13-10-14(27-2)6-8-17(13)28-3/h5-11H,4H2,1-3H3,(H2,22,23,25,26). The molecule has 4 rings (SSSR count). The van der Waals surface area contributed by atoms with Crippen molar-refractivity contribution in [1.82, 2.24) is 20.2 Å². The molecule has 8 nitrogen and oxygen atoms in total. The Bertz CT molecular complexity index is 1170. The second kappa shape index (κ2) is 7.51. The summed E-state index contributed by atoms with van der Waals surface area (Å²) >= 11 is 0. The summed E-state index contributed by atoms with van der Waals surface area (Å²) in [6, 6.07) is 11.7. The minimum atomic E-state index is 0.299. The van der Waals surface area contributed by atoms with Crippen molar-refractivity contribution in [3.8, 4) is 11.5 Å². The average molecular weight is 376 g/mol. The molecule has 8 heteroatoms. The first-order valence-electron chi connectivity index (χ1n) is 8.88. The zero-order valence-electron chi connectivity index (χ0n) is 15.9. The number of aryl methyl sites for hydroxylation is 1. The monoisotopic (exact) mass is 376 g/mol. The minimum Gasteiger partial charge on any atom is -0.497 e. The first kappa shape index (κ1) is 17.7. The van der Waals surface area contributed by atoms with Gasteiger partial charge in [0, 0.05) is 16.5 Å². The van der Waals surface area contributed by atoms with Crippen molar-refractivity contribution >= 4 is 34.2 Å². The summed E-state index contributed by atoms with van der Waals surface area (Å²) < 4.78 is 10.6. The number of rotatable bonds is 6. The fourth-order valence-electron chi connectivity index (χ4n) is 2.99. The van der Waals surface area contributed by atoms with Crippen molar-refractivity contribution < 1.29 is 9.47 Å². The summed E-state index contributed by atoms with van der Waals surface area (Å²) in [6.07, 6.45) is 2.58. The summed E-state index contributed by atoms with van der Waals surface area (Å²) in [6.45, 7) is 2.12. The highest BCUT2D eigenvalue weighted by Crippen LogP contribution is 2.24. The first-order valence-corrected chi connectivity index (χ1v) is 8.88. The van der Waals surface area contributed by atoms with Gasteiger partial charge in [0.05, 0.1) is 20.4 Å². The quantitative estimate of drug-likeness (QED) is 0.395. The van der Waals surface area contributed by atoms with Crippen molar-refractivity contribution in [2.75, 3.05) is 19.6 Å². The molecule has 28 heavy (non-hydrogen) atoms. The Hall–Kier alpha value is -3.68. The largest absolute Gasteiger partial charge is 0.497 e. The maximum absolute atomic E-state index is 5.33. The van der Waals surface area contributed by atoms with Crippen molar-refractivity contribution in [1.29, 1.82) is 0 Å². The molecule has 2 aromatic heterocycles. The normalized spacial score (nSPS) is 11.4. The van der Waals surface area contributed by atoms with Gasteiger partial charge in [0.15, 0.2) is 5.65 Å². The molecule has 0 bridgehead atoms. The predicted octanol–water partition coefficient (Wildman–Crippen LogP) is 3.53. The first-order chi connectivity index (χ1) is 13.7. The van der Waals surface area contributed by atoms with Gasteiger partial charge in [-0.2, -0.15) is 10.1 Å². The van der Waals surface area contributed by atoms with Crippen LogP contribution in [0.1, 0.15) is 18.1 Å². The molecule has 2 heterocycles. The molecule has 0 saturated heterocycles. The number of methoxy groups -OCH3 is 2. The molecule has 0 amide bonds. The van der Waals surface area contributed by atoms with Crippen molar-refractivity contribution in [3.63, 3.8) is 0 Å². The smallest absolute Gasteiger partial charge is 0.265 e. The van der Waals surface area contributed by atoms with Crippen LogP contribution in [-0.4, -0.2) is 40.6 Å². The number of fused-ring (bicyclic) bond motifs is 3. The number of benzene rings is 2. The number of H-pyrrole nitrogens is 1. The van der Waals surface area contributed by atoms with E-state index in [1.165, 1.54) is 5.56 Å². The lowest BCUT2D eigenvalue weighted by Crippen LogP contribution is -2.00. The third-order valence-electron chi connectivity index (χ3n) is 4.49. The Morgan fingerprint density at radius 2 is 2.00 bits per heavy atom. The highest BCUT2D eigenvalue weighted by atomic mass is 16.5. The number of hydrazone groups is 1. The topological polar surface area (TPSA) is 97.3 Å². The molecule has 0 aliphatic rings. The Morgan fingerprint density at radius 1 is 1.11 bits per heavy atom. The van der Waals surface area contributed by atoms with E-state index in [1.807, 2.05) is 24.3 Å². The van der Waals surface area contributed by atoms with Gasteiger partial charge in [-0.3, -0.25) is 0 Å². The second-order valence-corrected chi connectivity index (χ2v) is 6.17. The molecule has 0 fully saturated rings. The third kappa shape index (κ3) is 3.32. The van der Waals surface area contributed by atoms with Gasteiger partial charge in [-0.1, -0.05) is 13.0 Å². The van der Waals surface area contributed by atoms with Crippen LogP contribution in [-0.2, 0) is 6.42 Å². The molecule has 0 unspecified atom stereocenters. The SMILES string of the molecule is CCc1ccc2[nH]c3nc(NN=Cc4cc(OC)ccc4OC)nnc3c2c1. The lowest BCUT2D eigenvalue weighted by Gasteiger charge is -2.06. The summed E-state index contributed by atoms with van der Waals surface area (Å²) in [5.41, 5.74) is 7.21. The van der Waals surface area contributed by atoms with Crippen LogP contribution in [0.25, 0.3) is 22.1 Å². The minimum absolute atomic E-state index is 0.299. The molecule has 0 aliphatic carbocycles. The van der Waals surface area contributed by atoms with Crippen LogP contribution in [0.5, 0.6) is 11.5 Å². The summed E-state index contributed by atoms with van der Waals surface area (Å²) in [7, 11) is 3.22. The number of hydrogen-bond donors (Lipinski definition) is 2. The van der Waals surface area contributed by atoms with Crippen LogP contribution >= 0.6 is 0 Å². The fourth-order valence-corrected chi connectivity index (χ4v) is 2.99. The van der Waals surface area contributed by atoms with E-state index < -0.39 is 0 Å². The van der Waals surface area contributed by atoms with Gasteiger partial charge >= 0.3 is 0 Å². The lowest BCUT2D eigenvalue weighted by atomic mass is 10.1. The summed E-state index contributed by atoms with van der Waals surface area (Å²) in [5.74, 6) is 1.70. The Labute approximate surface area is 161 Å². The van der Waals surface area contributed by atoms with Gasteiger partial charge < -0.3 is 14.5 Å². The number of hydrogen-bond acceptors (Lipinski definition) is 7. The molecule has 2 aromatic carbocycles. The van der Waals surface area contributed by atoms with E-state index in [0.29, 0.717) is 23.1 Å². The Kier molecular flexibility index (Phi) is 4.76. The number of nitrogens with zero attached hydrogens (tertiary/aromatic N) is 4. The molecule has 0 aliphatic heterocycles. The number of anilines is 1. The summed E-state index contributed by atoms with van der Waals surface area (Å²) in [4.78, 5) is 7.73. The van der Waals surface area contributed by atoms with Crippen molar-refractivity contribution in [2.24, 2.45) is 5.10 Å². The Balaban J connectivity index is 1.60. The van der Waals surface area contributed by atoms with Crippen LogP contribution in [0.2, 0.25) is 0 Å². The molecular formula is C20H20N6O2. The molecule has 4 aromatic rings. The maximum Gasteiger partial charge on any atom is 0.265 e. The van der Waals surface area contributed by atoms with E-state index in [-0.39, 0.29) is 0 Å². The third-order valence-corrected chi connectivity index (χ3v) is 4.49. The van der Waals surface area contributed by atoms with Crippen molar-refractivity contribution in [2.45, 2.75) is 13.3 Å². The van der Waals surface area contributed by atoms with Crippen LogP contribution < -0.4 is 14.9 Å².